The third kappa shape index (κ3) is 4.12. The predicted octanol–water partition coefficient (Wildman–Crippen LogP) is 3.47. The molecule has 102 valence electrons. The van der Waals surface area contributed by atoms with Crippen molar-refractivity contribution in [2.45, 2.75) is 0 Å². The summed E-state index contributed by atoms with van der Waals surface area (Å²) in [6.45, 7) is 0. The van der Waals surface area contributed by atoms with Crippen LogP contribution in [0.2, 0.25) is 5.02 Å². The maximum atomic E-state index is 11.9. The fraction of sp³-hybridized carbons (Fsp3) is 0. The number of nitrogens with zero attached hydrogens (tertiary/aromatic N) is 1. The van der Waals surface area contributed by atoms with Gasteiger partial charge in [0.05, 0.1) is 16.3 Å². The van der Waals surface area contributed by atoms with E-state index in [9.17, 15) is 4.79 Å². The van der Waals surface area contributed by atoms with Crippen LogP contribution in [0.1, 0.15) is 10.4 Å². The van der Waals surface area contributed by atoms with E-state index in [0.717, 1.165) is 3.57 Å². The van der Waals surface area contributed by atoms with Crippen LogP contribution in [-0.2, 0) is 0 Å². The van der Waals surface area contributed by atoms with Gasteiger partial charge in [0.1, 0.15) is 0 Å². The second kappa shape index (κ2) is 6.96. The summed E-state index contributed by atoms with van der Waals surface area (Å²) in [4.78, 5) is 15.7. The Labute approximate surface area is 140 Å². The lowest BCUT2D eigenvalue weighted by molar-refractivity contribution is 0.0977. The minimum atomic E-state index is -0.322. The van der Waals surface area contributed by atoms with Gasteiger partial charge >= 0.3 is 0 Å². The number of aromatic nitrogens is 1. The SMILES string of the molecule is O=C(NC(=S)Nc1ccc(I)cc1Cl)c1cccnc1. The molecule has 0 atom stereocenters. The number of amides is 1. The van der Waals surface area contributed by atoms with Crippen LogP contribution in [0.25, 0.3) is 0 Å². The van der Waals surface area contributed by atoms with Crippen LogP contribution in [0, 0.1) is 3.57 Å². The number of nitrogens with one attached hydrogen (secondary N) is 2. The summed E-state index contributed by atoms with van der Waals surface area (Å²) in [5, 5.41) is 6.17. The molecule has 0 spiro atoms. The molecule has 1 aromatic heterocycles. The smallest absolute Gasteiger partial charge is 0.258 e. The molecule has 1 aromatic carbocycles. The van der Waals surface area contributed by atoms with Crippen LogP contribution in [0.15, 0.2) is 42.7 Å². The van der Waals surface area contributed by atoms with Crippen molar-refractivity contribution in [2.24, 2.45) is 0 Å². The second-order valence-corrected chi connectivity index (χ2v) is 5.84. The molecule has 4 nitrogen and oxygen atoms in total. The molecule has 0 saturated carbocycles. The molecular weight excluding hydrogens is 409 g/mol. The molecule has 0 radical (unpaired) electrons. The minimum absolute atomic E-state index is 0.182. The second-order valence-electron chi connectivity index (χ2n) is 3.77. The third-order valence-electron chi connectivity index (χ3n) is 2.33. The fourth-order valence-corrected chi connectivity index (χ4v) is 2.52. The normalized spacial score (nSPS) is 9.90. The highest BCUT2D eigenvalue weighted by Gasteiger charge is 2.09. The van der Waals surface area contributed by atoms with Crippen LogP contribution in [-0.4, -0.2) is 16.0 Å². The highest BCUT2D eigenvalue weighted by atomic mass is 127. The number of thiocarbonyl (C=S) groups is 1. The zero-order chi connectivity index (χ0) is 14.5. The molecule has 0 fully saturated rings. The molecule has 0 saturated heterocycles. The van der Waals surface area contributed by atoms with E-state index < -0.39 is 0 Å². The van der Waals surface area contributed by atoms with E-state index >= 15 is 0 Å². The van der Waals surface area contributed by atoms with Crippen molar-refractivity contribution in [2.75, 3.05) is 5.32 Å². The molecular formula is C13H9ClIN3OS. The molecule has 1 amide bonds. The molecule has 0 bridgehead atoms. The molecule has 20 heavy (non-hydrogen) atoms. The summed E-state index contributed by atoms with van der Waals surface area (Å²) in [7, 11) is 0. The first-order valence-corrected chi connectivity index (χ1v) is 7.40. The summed E-state index contributed by atoms with van der Waals surface area (Å²) in [6, 6.07) is 8.83. The van der Waals surface area contributed by atoms with Crippen molar-refractivity contribution in [3.05, 3.63) is 56.9 Å². The molecule has 0 aliphatic rings. The average molecular weight is 418 g/mol. The van der Waals surface area contributed by atoms with E-state index in [2.05, 4.69) is 38.2 Å². The number of carbonyl (C=O) groups is 1. The molecule has 2 N–H and O–H groups in total. The lowest BCUT2D eigenvalue weighted by Crippen LogP contribution is -2.34. The van der Waals surface area contributed by atoms with Gasteiger partial charge < -0.3 is 5.32 Å². The van der Waals surface area contributed by atoms with Gasteiger partial charge in [0.25, 0.3) is 5.91 Å². The third-order valence-corrected chi connectivity index (χ3v) is 3.52. The minimum Gasteiger partial charge on any atom is -0.331 e. The van der Waals surface area contributed by atoms with Gasteiger partial charge in [-0.2, -0.15) is 0 Å². The van der Waals surface area contributed by atoms with E-state index in [-0.39, 0.29) is 11.0 Å². The average Bonchev–Trinajstić information content (AvgIpc) is 2.43. The Hall–Kier alpha value is -1.25. The van der Waals surface area contributed by atoms with Crippen molar-refractivity contribution in [1.82, 2.24) is 10.3 Å². The van der Waals surface area contributed by atoms with Crippen LogP contribution >= 0.6 is 46.4 Å². The lowest BCUT2D eigenvalue weighted by Gasteiger charge is -2.11. The first-order chi connectivity index (χ1) is 9.56. The maximum absolute atomic E-state index is 11.9. The first kappa shape index (κ1) is 15.1. The molecule has 2 rings (SSSR count). The lowest BCUT2D eigenvalue weighted by atomic mass is 10.3. The number of anilines is 1. The van der Waals surface area contributed by atoms with E-state index in [0.29, 0.717) is 16.3 Å². The molecule has 2 aromatic rings. The highest BCUT2D eigenvalue weighted by Crippen LogP contribution is 2.23. The zero-order valence-electron chi connectivity index (χ0n) is 10.1. The molecule has 0 aliphatic carbocycles. The predicted molar refractivity (Wildman–Crippen MR) is 92.1 cm³/mol. The maximum Gasteiger partial charge on any atom is 0.258 e. The van der Waals surface area contributed by atoms with Gasteiger partial charge in [-0.3, -0.25) is 15.1 Å². The Bertz CT molecular complexity index is 651. The zero-order valence-corrected chi connectivity index (χ0v) is 13.8. The standard InChI is InChI=1S/C13H9ClIN3OS/c14-10-6-9(15)3-4-11(10)17-13(20)18-12(19)8-2-1-5-16-7-8/h1-7H,(H2,17,18,19,20). The number of hydrogen-bond donors (Lipinski definition) is 2. The van der Waals surface area contributed by atoms with E-state index in [4.69, 9.17) is 23.8 Å². The van der Waals surface area contributed by atoms with Gasteiger partial charge in [-0.1, -0.05) is 11.6 Å². The van der Waals surface area contributed by atoms with Gasteiger partial charge in [-0.25, -0.2) is 0 Å². The summed E-state index contributed by atoms with van der Waals surface area (Å²) >= 11 is 13.3. The Morgan fingerprint density at radius 1 is 1.35 bits per heavy atom. The van der Waals surface area contributed by atoms with Crippen molar-refractivity contribution < 1.29 is 4.79 Å². The Kier molecular flexibility index (Phi) is 5.27. The van der Waals surface area contributed by atoms with Crippen LogP contribution < -0.4 is 10.6 Å². The van der Waals surface area contributed by atoms with Crippen LogP contribution in [0.3, 0.4) is 0 Å². The number of halogens is 2. The molecule has 0 unspecified atom stereocenters. The van der Waals surface area contributed by atoms with Crippen molar-refractivity contribution in [3.63, 3.8) is 0 Å². The number of benzene rings is 1. The van der Waals surface area contributed by atoms with Gasteiger partial charge in [0, 0.05) is 16.0 Å². The largest absolute Gasteiger partial charge is 0.331 e. The Morgan fingerprint density at radius 2 is 2.15 bits per heavy atom. The number of pyridine rings is 1. The summed E-state index contributed by atoms with van der Waals surface area (Å²) in [6.07, 6.45) is 3.06. The molecule has 7 heteroatoms. The molecule has 0 aliphatic heterocycles. The number of hydrogen-bond acceptors (Lipinski definition) is 3. The van der Waals surface area contributed by atoms with Crippen LogP contribution in [0.4, 0.5) is 5.69 Å². The topological polar surface area (TPSA) is 54.0 Å². The molecule has 1 heterocycles. The van der Waals surface area contributed by atoms with Gasteiger partial charge in [-0.15, -0.1) is 0 Å². The number of rotatable bonds is 2. The Balaban J connectivity index is 2.01. The van der Waals surface area contributed by atoms with E-state index in [1.165, 1.54) is 6.20 Å². The number of carbonyl (C=O) groups excluding carboxylic acids is 1. The van der Waals surface area contributed by atoms with Gasteiger partial charge in [0.2, 0.25) is 0 Å². The fourth-order valence-electron chi connectivity index (χ4n) is 1.42. The highest BCUT2D eigenvalue weighted by molar-refractivity contribution is 14.1. The van der Waals surface area contributed by atoms with Crippen molar-refractivity contribution >= 4 is 63.1 Å². The van der Waals surface area contributed by atoms with Gasteiger partial charge in [-0.05, 0) is 65.1 Å². The monoisotopic (exact) mass is 417 g/mol. The van der Waals surface area contributed by atoms with Crippen molar-refractivity contribution in [1.29, 1.82) is 0 Å². The Morgan fingerprint density at radius 3 is 2.80 bits per heavy atom. The van der Waals surface area contributed by atoms with Crippen LogP contribution in [0.5, 0.6) is 0 Å². The van der Waals surface area contributed by atoms with Crippen molar-refractivity contribution in [3.8, 4) is 0 Å². The van der Waals surface area contributed by atoms with E-state index in [1.54, 1.807) is 30.5 Å². The van der Waals surface area contributed by atoms with E-state index in [1.807, 2.05) is 6.07 Å². The first-order valence-electron chi connectivity index (χ1n) is 5.53. The summed E-state index contributed by atoms with van der Waals surface area (Å²) in [5.74, 6) is -0.322. The summed E-state index contributed by atoms with van der Waals surface area (Å²) in [5.41, 5.74) is 1.08. The van der Waals surface area contributed by atoms with Gasteiger partial charge in [0.15, 0.2) is 5.11 Å². The summed E-state index contributed by atoms with van der Waals surface area (Å²) < 4.78 is 1.02. The quantitative estimate of drug-likeness (QED) is 0.580.